The lowest BCUT2D eigenvalue weighted by atomic mass is 9.98. The van der Waals surface area contributed by atoms with E-state index in [0.29, 0.717) is 22.0 Å². The van der Waals surface area contributed by atoms with Crippen LogP contribution >= 0.6 is 0 Å². The Bertz CT molecular complexity index is 1600. The molecule has 5 aromatic rings. The Labute approximate surface area is 201 Å². The number of esters is 1. The number of hydrogen-bond acceptors (Lipinski definition) is 5. The maximum Gasteiger partial charge on any atom is 0.327 e. The minimum absolute atomic E-state index is 0.340. The minimum Gasteiger partial charge on any atom is -0.448 e. The van der Waals surface area contributed by atoms with Crippen molar-refractivity contribution in [2.75, 3.05) is 0 Å². The van der Waals surface area contributed by atoms with Crippen molar-refractivity contribution in [3.05, 3.63) is 112 Å². The van der Waals surface area contributed by atoms with Gasteiger partial charge in [0.25, 0.3) is 5.56 Å². The normalized spacial score (nSPS) is 12.0. The molecule has 1 unspecified atom stereocenters. The molecule has 1 atom stereocenters. The molecule has 0 amide bonds. The van der Waals surface area contributed by atoms with Gasteiger partial charge in [-0.1, -0.05) is 67.6 Å². The van der Waals surface area contributed by atoms with Gasteiger partial charge in [0.2, 0.25) is 5.78 Å². The molecule has 0 fully saturated rings. The maximum absolute atomic E-state index is 13.7. The van der Waals surface area contributed by atoms with E-state index in [2.05, 4.69) is 16.9 Å². The Morgan fingerprint density at radius 3 is 2.51 bits per heavy atom. The van der Waals surface area contributed by atoms with E-state index in [0.717, 1.165) is 22.9 Å². The number of fused-ring (bicyclic) bond motifs is 2. The first-order valence-corrected chi connectivity index (χ1v) is 11.4. The first-order valence-electron chi connectivity index (χ1n) is 11.4. The second-order valence-corrected chi connectivity index (χ2v) is 8.24. The van der Waals surface area contributed by atoms with Crippen LogP contribution in [0.2, 0.25) is 0 Å². The molecule has 1 N–H and O–H groups in total. The number of hydrogen-bond donors (Lipinski definition) is 1. The van der Waals surface area contributed by atoms with E-state index in [-0.39, 0.29) is 17.9 Å². The molecule has 0 bridgehead atoms. The number of carbonyl (C=O) groups is 2. The molecule has 0 aliphatic carbocycles. The third kappa shape index (κ3) is 4.24. The number of carbonyl (C=O) groups excluding carboxylic acids is 2. The highest BCUT2D eigenvalue weighted by atomic mass is 16.5. The lowest BCUT2D eigenvalue weighted by molar-refractivity contribution is -0.148. The van der Waals surface area contributed by atoms with Crippen molar-refractivity contribution in [2.45, 2.75) is 26.0 Å². The highest BCUT2D eigenvalue weighted by Crippen LogP contribution is 2.29. The molecule has 0 aliphatic heterocycles. The number of ketones is 1. The van der Waals surface area contributed by atoms with Crippen LogP contribution in [0.25, 0.3) is 21.8 Å². The number of nitrogens with zero attached hydrogens (tertiary/aromatic N) is 2. The summed E-state index contributed by atoms with van der Waals surface area (Å²) in [5.74, 6) is -1.05. The fourth-order valence-electron chi connectivity index (χ4n) is 4.28. The number of rotatable bonds is 7. The van der Waals surface area contributed by atoms with Crippen LogP contribution in [0.3, 0.4) is 0 Å². The highest BCUT2D eigenvalue weighted by Gasteiger charge is 2.28. The Morgan fingerprint density at radius 2 is 1.71 bits per heavy atom. The van der Waals surface area contributed by atoms with E-state index < -0.39 is 12.1 Å². The minimum atomic E-state index is -1.16. The summed E-state index contributed by atoms with van der Waals surface area (Å²) >= 11 is 0. The summed E-state index contributed by atoms with van der Waals surface area (Å²) in [4.78, 5) is 46.9. The summed E-state index contributed by atoms with van der Waals surface area (Å²) in [6.07, 6.45) is 2.64. The van der Waals surface area contributed by atoms with Crippen molar-refractivity contribution in [3.8, 4) is 0 Å². The third-order valence-corrected chi connectivity index (χ3v) is 6.07. The Balaban J connectivity index is 1.47. The molecule has 35 heavy (non-hydrogen) atoms. The van der Waals surface area contributed by atoms with Crippen LogP contribution in [0.15, 0.2) is 90.1 Å². The van der Waals surface area contributed by atoms with Crippen LogP contribution in [0.5, 0.6) is 0 Å². The second kappa shape index (κ2) is 9.38. The van der Waals surface area contributed by atoms with Crippen molar-refractivity contribution in [1.82, 2.24) is 14.5 Å². The topological polar surface area (TPSA) is 94.1 Å². The van der Waals surface area contributed by atoms with Crippen molar-refractivity contribution < 1.29 is 14.3 Å². The number of aryl methyl sites for hydroxylation is 1. The lowest BCUT2D eigenvalue weighted by Crippen LogP contribution is -2.28. The van der Waals surface area contributed by atoms with Gasteiger partial charge in [-0.15, -0.1) is 0 Å². The molecule has 0 radical (unpaired) electrons. The monoisotopic (exact) mass is 465 g/mol. The molecule has 7 heteroatoms. The molecule has 0 saturated heterocycles. The van der Waals surface area contributed by atoms with Crippen molar-refractivity contribution in [1.29, 1.82) is 0 Å². The van der Waals surface area contributed by atoms with Crippen LogP contribution in [0.1, 0.15) is 34.5 Å². The predicted molar refractivity (Wildman–Crippen MR) is 133 cm³/mol. The van der Waals surface area contributed by atoms with Gasteiger partial charge in [0.15, 0.2) is 6.10 Å². The molecule has 7 nitrogen and oxygen atoms in total. The number of aromatic nitrogens is 3. The van der Waals surface area contributed by atoms with Crippen LogP contribution in [-0.4, -0.2) is 26.3 Å². The van der Waals surface area contributed by atoms with E-state index in [4.69, 9.17) is 4.74 Å². The van der Waals surface area contributed by atoms with Gasteiger partial charge in [0.05, 0.1) is 17.2 Å². The van der Waals surface area contributed by atoms with Crippen molar-refractivity contribution in [2.24, 2.45) is 0 Å². The Kier molecular flexibility index (Phi) is 5.97. The smallest absolute Gasteiger partial charge is 0.327 e. The van der Waals surface area contributed by atoms with Crippen molar-refractivity contribution >= 4 is 33.6 Å². The highest BCUT2D eigenvalue weighted by molar-refractivity contribution is 6.11. The number of ether oxygens (including phenoxy) is 1. The van der Waals surface area contributed by atoms with E-state index in [1.165, 1.54) is 10.9 Å². The van der Waals surface area contributed by atoms with E-state index in [9.17, 15) is 14.4 Å². The zero-order chi connectivity index (χ0) is 24.4. The van der Waals surface area contributed by atoms with Gasteiger partial charge in [-0.2, -0.15) is 0 Å². The summed E-state index contributed by atoms with van der Waals surface area (Å²) in [6, 6.07) is 21.6. The Morgan fingerprint density at radius 1 is 0.971 bits per heavy atom. The Hall–Kier alpha value is -4.52. The number of H-pyrrole nitrogens is 1. The van der Waals surface area contributed by atoms with Crippen LogP contribution in [-0.2, 0) is 22.5 Å². The second-order valence-electron chi connectivity index (χ2n) is 8.24. The first kappa shape index (κ1) is 22.3. The fourth-order valence-corrected chi connectivity index (χ4v) is 4.28. The largest absolute Gasteiger partial charge is 0.448 e. The summed E-state index contributed by atoms with van der Waals surface area (Å²) in [5, 5.41) is 1.19. The van der Waals surface area contributed by atoms with Gasteiger partial charge in [-0.05, 0) is 24.1 Å². The third-order valence-electron chi connectivity index (χ3n) is 6.07. The number of benzene rings is 3. The molecule has 0 aliphatic rings. The number of nitrogens with one attached hydrogen (secondary N) is 1. The van der Waals surface area contributed by atoms with Gasteiger partial charge in [0, 0.05) is 28.2 Å². The molecule has 2 aromatic heterocycles. The summed E-state index contributed by atoms with van der Waals surface area (Å²) in [7, 11) is 0. The molecular formula is C28H23N3O4. The number of Topliss-reactive ketones (excluding diaryl/α,β-unsaturated/α-hetero) is 1. The molecule has 0 saturated carbocycles. The standard InChI is InChI=1S/C28H23N3O4/c1-2-18-11-8-13-20-22(15-29-25(18)20)26(33)27(19-9-4-3-5-10-19)35-24(32)16-31-17-30-23-14-7-6-12-21(23)28(31)34/h3-15,17,27,29H,2,16H2,1H3. The molecule has 5 rings (SSSR count). The van der Waals surface area contributed by atoms with Gasteiger partial charge >= 0.3 is 5.97 Å². The lowest BCUT2D eigenvalue weighted by Gasteiger charge is -2.17. The van der Waals surface area contributed by atoms with Crippen LogP contribution < -0.4 is 5.56 Å². The van der Waals surface area contributed by atoms with Crippen LogP contribution in [0.4, 0.5) is 0 Å². The van der Waals surface area contributed by atoms with Crippen molar-refractivity contribution in [3.63, 3.8) is 0 Å². The summed E-state index contributed by atoms with van der Waals surface area (Å²) in [5.41, 5.74) is 3.18. The van der Waals surface area contributed by atoms with Gasteiger partial charge in [-0.25, -0.2) is 4.98 Å². The van der Waals surface area contributed by atoms with Gasteiger partial charge in [0.1, 0.15) is 6.54 Å². The molecule has 3 aromatic carbocycles. The summed E-state index contributed by atoms with van der Waals surface area (Å²) in [6.45, 7) is 1.69. The molecule has 174 valence electrons. The fraction of sp³-hybridized carbons (Fsp3) is 0.143. The van der Waals surface area contributed by atoms with E-state index in [1.54, 1.807) is 54.7 Å². The van der Waals surface area contributed by atoms with Gasteiger partial charge < -0.3 is 9.72 Å². The molecule has 2 heterocycles. The zero-order valence-corrected chi connectivity index (χ0v) is 19.1. The quantitative estimate of drug-likeness (QED) is 0.280. The molecular weight excluding hydrogens is 442 g/mol. The van der Waals surface area contributed by atoms with E-state index in [1.807, 2.05) is 24.3 Å². The zero-order valence-electron chi connectivity index (χ0n) is 19.1. The SMILES string of the molecule is CCc1cccc2c(C(=O)C(OC(=O)Cn3cnc4ccccc4c3=O)c3ccccc3)c[nH]c12. The van der Waals surface area contributed by atoms with E-state index >= 15 is 0 Å². The first-order chi connectivity index (χ1) is 17.1. The average molecular weight is 466 g/mol. The predicted octanol–water partition coefficient (Wildman–Crippen LogP) is 4.61. The molecule has 0 spiro atoms. The maximum atomic E-state index is 13.7. The van der Waals surface area contributed by atoms with Crippen LogP contribution in [0, 0.1) is 0 Å². The average Bonchev–Trinajstić information content (AvgIpc) is 3.34. The number of para-hydroxylation sites is 2. The number of aromatic amines is 1. The summed E-state index contributed by atoms with van der Waals surface area (Å²) < 4.78 is 6.90. The van der Waals surface area contributed by atoms with Gasteiger partial charge in [-0.3, -0.25) is 19.0 Å².